The van der Waals surface area contributed by atoms with Crippen LogP contribution in [0.4, 0.5) is 0 Å². The molecule has 0 saturated heterocycles. The number of ether oxygens (including phenoxy) is 1. The fraction of sp³-hybridized carbons (Fsp3) is 0.0833. The summed E-state index contributed by atoms with van der Waals surface area (Å²) in [6.07, 6.45) is 1.80. The highest BCUT2D eigenvalue weighted by atomic mass is 127. The molecule has 6 heteroatoms. The molecule has 3 aromatic carbocycles. The molecule has 4 nitrogen and oxygen atoms in total. The van der Waals surface area contributed by atoms with Crippen molar-refractivity contribution in [3.63, 3.8) is 0 Å². The molecule has 0 fully saturated rings. The number of benzene rings is 3. The third kappa shape index (κ3) is 5.61. The van der Waals surface area contributed by atoms with E-state index in [2.05, 4.69) is 82.4 Å². The minimum absolute atomic E-state index is 0.190. The SMILES string of the molecule is Cc1ccc(COc2c(I)cc(/C=C(/C#N)c3ccc(C(=O)O)cc3)cc2I)cc1. The molecule has 30 heavy (non-hydrogen) atoms. The number of halogens is 2. The van der Waals surface area contributed by atoms with Crippen molar-refractivity contribution in [2.45, 2.75) is 13.5 Å². The maximum atomic E-state index is 11.0. The van der Waals surface area contributed by atoms with Gasteiger partial charge >= 0.3 is 5.97 Å². The quantitative estimate of drug-likeness (QED) is 0.193. The van der Waals surface area contributed by atoms with Gasteiger partial charge in [-0.1, -0.05) is 42.0 Å². The normalized spacial score (nSPS) is 11.1. The number of allylic oxidation sites excluding steroid dienone is 1. The van der Waals surface area contributed by atoms with Crippen molar-refractivity contribution in [1.29, 1.82) is 5.26 Å². The molecule has 150 valence electrons. The summed E-state index contributed by atoms with van der Waals surface area (Å²) in [5, 5.41) is 18.6. The molecule has 0 unspecified atom stereocenters. The van der Waals surface area contributed by atoms with Crippen LogP contribution >= 0.6 is 45.2 Å². The van der Waals surface area contributed by atoms with Gasteiger partial charge < -0.3 is 9.84 Å². The zero-order valence-corrected chi connectivity index (χ0v) is 20.3. The van der Waals surface area contributed by atoms with Gasteiger partial charge in [-0.25, -0.2) is 4.79 Å². The molecule has 0 saturated carbocycles. The van der Waals surface area contributed by atoms with Crippen LogP contribution in [0.5, 0.6) is 5.75 Å². The number of aromatic carboxylic acids is 1. The number of aryl methyl sites for hydroxylation is 1. The van der Waals surface area contributed by atoms with Crippen LogP contribution in [-0.2, 0) is 6.61 Å². The van der Waals surface area contributed by atoms with Crippen molar-refractivity contribution in [3.8, 4) is 11.8 Å². The second-order valence-electron chi connectivity index (χ2n) is 6.64. The molecule has 0 radical (unpaired) electrons. The molecule has 3 rings (SSSR count). The Morgan fingerprint density at radius 1 is 1.03 bits per heavy atom. The molecule has 0 aliphatic heterocycles. The Morgan fingerprint density at radius 3 is 2.13 bits per heavy atom. The number of nitriles is 1. The molecule has 0 spiro atoms. The van der Waals surface area contributed by atoms with Crippen LogP contribution < -0.4 is 4.74 Å². The van der Waals surface area contributed by atoms with E-state index in [0.29, 0.717) is 17.7 Å². The molecule has 3 aromatic rings. The van der Waals surface area contributed by atoms with Crippen molar-refractivity contribution < 1.29 is 14.6 Å². The van der Waals surface area contributed by atoms with Crippen molar-refractivity contribution >= 4 is 62.8 Å². The van der Waals surface area contributed by atoms with Gasteiger partial charge in [0.25, 0.3) is 0 Å². The first-order chi connectivity index (χ1) is 14.4. The van der Waals surface area contributed by atoms with Gasteiger partial charge in [-0.05, 0) is 99.1 Å². The van der Waals surface area contributed by atoms with Crippen LogP contribution in [0.1, 0.15) is 32.6 Å². The number of hydrogen-bond acceptors (Lipinski definition) is 3. The Kier molecular flexibility index (Phi) is 7.50. The maximum absolute atomic E-state index is 11.0. The van der Waals surface area contributed by atoms with E-state index in [-0.39, 0.29) is 5.56 Å². The Labute approximate surface area is 202 Å². The van der Waals surface area contributed by atoms with Crippen LogP contribution in [0.25, 0.3) is 11.6 Å². The van der Waals surface area contributed by atoms with E-state index < -0.39 is 5.97 Å². The second-order valence-corrected chi connectivity index (χ2v) is 8.96. The summed E-state index contributed by atoms with van der Waals surface area (Å²) >= 11 is 4.48. The summed E-state index contributed by atoms with van der Waals surface area (Å²) in [7, 11) is 0. The van der Waals surface area contributed by atoms with E-state index >= 15 is 0 Å². The van der Waals surface area contributed by atoms with Gasteiger partial charge in [0.15, 0.2) is 0 Å². The van der Waals surface area contributed by atoms with E-state index in [1.807, 2.05) is 12.1 Å². The molecule has 1 N–H and O–H groups in total. The third-order valence-electron chi connectivity index (χ3n) is 4.40. The van der Waals surface area contributed by atoms with Gasteiger partial charge in [0, 0.05) is 0 Å². The molecule has 0 heterocycles. The summed E-state index contributed by atoms with van der Waals surface area (Å²) in [6.45, 7) is 2.54. The lowest BCUT2D eigenvalue weighted by atomic mass is 10.0. The molecule has 0 amide bonds. The number of rotatable bonds is 6. The van der Waals surface area contributed by atoms with Gasteiger partial charge in [-0.15, -0.1) is 0 Å². The van der Waals surface area contributed by atoms with Crippen LogP contribution in [0.2, 0.25) is 0 Å². The third-order valence-corrected chi connectivity index (χ3v) is 6.00. The number of nitrogens with zero attached hydrogens (tertiary/aromatic N) is 1. The number of hydrogen-bond donors (Lipinski definition) is 1. The van der Waals surface area contributed by atoms with E-state index in [0.717, 1.165) is 24.0 Å². The molecule has 0 bridgehead atoms. The van der Waals surface area contributed by atoms with E-state index in [9.17, 15) is 10.1 Å². The van der Waals surface area contributed by atoms with Gasteiger partial charge in [0.1, 0.15) is 12.4 Å². The Balaban J connectivity index is 1.83. The van der Waals surface area contributed by atoms with Crippen LogP contribution in [-0.4, -0.2) is 11.1 Å². The molecule has 0 atom stereocenters. The van der Waals surface area contributed by atoms with E-state index in [4.69, 9.17) is 9.84 Å². The number of carboxylic acids is 1. The molecule has 0 aromatic heterocycles. The first kappa shape index (κ1) is 22.3. The summed E-state index contributed by atoms with van der Waals surface area (Å²) < 4.78 is 7.95. The summed E-state index contributed by atoms with van der Waals surface area (Å²) in [4.78, 5) is 11.0. The van der Waals surface area contributed by atoms with E-state index in [1.54, 1.807) is 18.2 Å². The van der Waals surface area contributed by atoms with Crippen molar-refractivity contribution in [3.05, 3.63) is 95.6 Å². The van der Waals surface area contributed by atoms with Gasteiger partial charge in [0.05, 0.1) is 24.3 Å². The predicted molar refractivity (Wildman–Crippen MR) is 134 cm³/mol. The fourth-order valence-electron chi connectivity index (χ4n) is 2.78. The van der Waals surface area contributed by atoms with Crippen LogP contribution in [0.15, 0.2) is 60.7 Å². The lowest BCUT2D eigenvalue weighted by Gasteiger charge is -2.12. The standard InChI is InChI=1S/C24H17I2NO3/c1-15-2-4-16(5-3-15)14-30-23-21(25)11-17(12-22(23)26)10-20(13-27)18-6-8-19(9-7-18)24(28)29/h2-12H,14H2,1H3,(H,28,29)/b20-10-. The first-order valence-corrected chi connectivity index (χ1v) is 11.2. The first-order valence-electron chi connectivity index (χ1n) is 9.00. The summed E-state index contributed by atoms with van der Waals surface area (Å²) in [5.41, 5.74) is 4.53. The Hall–Kier alpha value is -2.38. The molecule has 0 aliphatic rings. The van der Waals surface area contributed by atoms with Crippen LogP contribution in [0.3, 0.4) is 0 Å². The lowest BCUT2D eigenvalue weighted by molar-refractivity contribution is 0.0697. The zero-order valence-electron chi connectivity index (χ0n) is 16.0. The predicted octanol–water partition coefficient (Wildman–Crippen LogP) is 6.55. The molecular weight excluding hydrogens is 604 g/mol. The Morgan fingerprint density at radius 2 is 1.60 bits per heavy atom. The summed E-state index contributed by atoms with van der Waals surface area (Å²) in [5.74, 6) is -0.174. The Bertz CT molecular complexity index is 1120. The van der Waals surface area contributed by atoms with Crippen molar-refractivity contribution in [1.82, 2.24) is 0 Å². The average Bonchev–Trinajstić information content (AvgIpc) is 2.73. The topological polar surface area (TPSA) is 70.3 Å². The highest BCUT2D eigenvalue weighted by Gasteiger charge is 2.10. The smallest absolute Gasteiger partial charge is 0.335 e. The molecule has 0 aliphatic carbocycles. The minimum atomic E-state index is -0.991. The number of carbonyl (C=O) groups is 1. The van der Waals surface area contributed by atoms with Crippen molar-refractivity contribution in [2.75, 3.05) is 0 Å². The van der Waals surface area contributed by atoms with Gasteiger partial charge in [-0.2, -0.15) is 5.26 Å². The minimum Gasteiger partial charge on any atom is -0.487 e. The lowest BCUT2D eigenvalue weighted by Crippen LogP contribution is -1.99. The van der Waals surface area contributed by atoms with Gasteiger partial charge in [0.2, 0.25) is 0 Å². The van der Waals surface area contributed by atoms with Gasteiger partial charge in [-0.3, -0.25) is 0 Å². The largest absolute Gasteiger partial charge is 0.487 e. The zero-order chi connectivity index (χ0) is 21.7. The monoisotopic (exact) mass is 621 g/mol. The van der Waals surface area contributed by atoms with Crippen molar-refractivity contribution in [2.24, 2.45) is 0 Å². The number of carboxylic acid groups (broad SMARTS) is 1. The highest BCUT2D eigenvalue weighted by molar-refractivity contribution is 14.1. The highest BCUT2D eigenvalue weighted by Crippen LogP contribution is 2.31. The average molecular weight is 621 g/mol. The van der Waals surface area contributed by atoms with E-state index in [1.165, 1.54) is 17.7 Å². The second kappa shape index (κ2) is 10.1. The molecular formula is C24H17I2NO3. The van der Waals surface area contributed by atoms with Crippen LogP contribution in [0, 0.1) is 25.4 Å². The summed E-state index contributed by atoms with van der Waals surface area (Å²) in [6, 6.07) is 20.7. The fourth-order valence-corrected chi connectivity index (χ4v) is 4.91. The maximum Gasteiger partial charge on any atom is 0.335 e.